The molecule has 1 N–H and O–H groups in total. The van der Waals surface area contributed by atoms with Crippen molar-refractivity contribution in [2.75, 3.05) is 44.2 Å². The lowest BCUT2D eigenvalue weighted by molar-refractivity contribution is -0.125. The SMILES string of the molecule is Cc1noc2ncnc(N3CCC(C(=O)NCCCN4CCC[C@H](C)C4)CC3)c12. The van der Waals surface area contributed by atoms with Crippen LogP contribution >= 0.6 is 0 Å². The predicted molar refractivity (Wildman–Crippen MR) is 112 cm³/mol. The molecule has 2 aliphatic heterocycles. The molecular formula is C21H32N6O2. The summed E-state index contributed by atoms with van der Waals surface area (Å²) in [6.45, 7) is 10.1. The van der Waals surface area contributed by atoms with Crippen LogP contribution in [0, 0.1) is 18.8 Å². The molecule has 0 bridgehead atoms. The number of rotatable bonds is 6. The number of amides is 1. The highest BCUT2D eigenvalue weighted by molar-refractivity contribution is 5.88. The number of carbonyl (C=O) groups excluding carboxylic acids is 1. The molecule has 29 heavy (non-hydrogen) atoms. The van der Waals surface area contributed by atoms with E-state index in [4.69, 9.17) is 4.52 Å². The number of nitrogens with zero attached hydrogens (tertiary/aromatic N) is 5. The van der Waals surface area contributed by atoms with E-state index in [1.54, 1.807) is 0 Å². The second kappa shape index (κ2) is 9.07. The zero-order valence-corrected chi connectivity index (χ0v) is 17.6. The number of carbonyl (C=O) groups is 1. The number of hydrogen-bond acceptors (Lipinski definition) is 7. The van der Waals surface area contributed by atoms with E-state index in [1.807, 2.05) is 6.92 Å². The summed E-state index contributed by atoms with van der Waals surface area (Å²) < 4.78 is 5.25. The molecule has 0 spiro atoms. The molecule has 0 radical (unpaired) electrons. The number of likely N-dealkylation sites (tertiary alicyclic amines) is 1. The van der Waals surface area contributed by atoms with Crippen molar-refractivity contribution in [3.8, 4) is 0 Å². The third kappa shape index (κ3) is 4.69. The lowest BCUT2D eigenvalue weighted by atomic mass is 9.95. The molecule has 8 heteroatoms. The Balaban J connectivity index is 1.22. The third-order valence-corrected chi connectivity index (χ3v) is 6.28. The van der Waals surface area contributed by atoms with Gasteiger partial charge in [-0.2, -0.15) is 4.98 Å². The average molecular weight is 401 g/mol. The van der Waals surface area contributed by atoms with Crippen molar-refractivity contribution in [2.24, 2.45) is 11.8 Å². The minimum absolute atomic E-state index is 0.0853. The number of hydrogen-bond donors (Lipinski definition) is 1. The molecule has 2 saturated heterocycles. The zero-order valence-electron chi connectivity index (χ0n) is 17.6. The van der Waals surface area contributed by atoms with E-state index in [-0.39, 0.29) is 11.8 Å². The summed E-state index contributed by atoms with van der Waals surface area (Å²) in [5.41, 5.74) is 1.33. The third-order valence-electron chi connectivity index (χ3n) is 6.28. The van der Waals surface area contributed by atoms with Gasteiger partial charge in [0.2, 0.25) is 5.91 Å². The fraction of sp³-hybridized carbons (Fsp3) is 0.714. The molecule has 2 fully saturated rings. The van der Waals surface area contributed by atoms with Gasteiger partial charge >= 0.3 is 0 Å². The number of fused-ring (bicyclic) bond motifs is 1. The predicted octanol–water partition coefficient (Wildman–Crippen LogP) is 2.38. The van der Waals surface area contributed by atoms with Gasteiger partial charge in [0, 0.05) is 32.1 Å². The summed E-state index contributed by atoms with van der Waals surface area (Å²) in [4.78, 5) is 25.9. The average Bonchev–Trinajstić information content (AvgIpc) is 3.12. The first-order chi connectivity index (χ1) is 14.1. The molecule has 2 aromatic heterocycles. The van der Waals surface area contributed by atoms with Gasteiger partial charge in [0.15, 0.2) is 0 Å². The summed E-state index contributed by atoms with van der Waals surface area (Å²) in [7, 11) is 0. The fourth-order valence-corrected chi connectivity index (χ4v) is 4.65. The summed E-state index contributed by atoms with van der Waals surface area (Å²) in [5.74, 6) is 1.96. The van der Waals surface area contributed by atoms with Crippen molar-refractivity contribution in [1.82, 2.24) is 25.3 Å². The monoisotopic (exact) mass is 400 g/mol. The van der Waals surface area contributed by atoms with E-state index >= 15 is 0 Å². The van der Waals surface area contributed by atoms with Crippen LogP contribution in [0.25, 0.3) is 11.1 Å². The summed E-state index contributed by atoms with van der Waals surface area (Å²) in [6.07, 6.45) is 6.88. The van der Waals surface area contributed by atoms with Gasteiger partial charge in [0.1, 0.15) is 17.5 Å². The van der Waals surface area contributed by atoms with Crippen LogP contribution in [0.15, 0.2) is 10.9 Å². The van der Waals surface area contributed by atoms with Gasteiger partial charge < -0.3 is 19.6 Å². The molecule has 4 heterocycles. The normalized spacial score (nSPS) is 21.6. The molecule has 8 nitrogen and oxygen atoms in total. The van der Waals surface area contributed by atoms with Crippen molar-refractivity contribution in [2.45, 2.75) is 46.0 Å². The van der Waals surface area contributed by atoms with E-state index in [2.05, 4.69) is 37.2 Å². The Kier molecular flexibility index (Phi) is 6.28. The zero-order chi connectivity index (χ0) is 20.2. The molecule has 0 unspecified atom stereocenters. The van der Waals surface area contributed by atoms with Gasteiger partial charge in [-0.25, -0.2) is 4.98 Å². The smallest absolute Gasteiger partial charge is 0.263 e. The quantitative estimate of drug-likeness (QED) is 0.745. The van der Waals surface area contributed by atoms with Crippen molar-refractivity contribution in [3.05, 3.63) is 12.0 Å². The Hall–Kier alpha value is -2.22. The van der Waals surface area contributed by atoms with Gasteiger partial charge in [-0.3, -0.25) is 4.79 Å². The molecule has 0 aromatic carbocycles. The first-order valence-electron chi connectivity index (χ1n) is 10.9. The molecular weight excluding hydrogens is 368 g/mol. The molecule has 4 rings (SSSR count). The lowest BCUT2D eigenvalue weighted by Crippen LogP contribution is -2.42. The van der Waals surface area contributed by atoms with E-state index in [0.717, 1.165) is 68.3 Å². The largest absolute Gasteiger partial charge is 0.356 e. The molecule has 0 aliphatic carbocycles. The van der Waals surface area contributed by atoms with Gasteiger partial charge in [0.25, 0.3) is 5.71 Å². The van der Waals surface area contributed by atoms with Crippen LogP contribution in [0.3, 0.4) is 0 Å². The van der Waals surface area contributed by atoms with Crippen molar-refractivity contribution in [1.29, 1.82) is 0 Å². The minimum Gasteiger partial charge on any atom is -0.356 e. The molecule has 2 aliphatic rings. The first-order valence-corrected chi connectivity index (χ1v) is 10.9. The van der Waals surface area contributed by atoms with Gasteiger partial charge in [0.05, 0.1) is 5.69 Å². The van der Waals surface area contributed by atoms with Gasteiger partial charge in [-0.05, 0) is 58.0 Å². The van der Waals surface area contributed by atoms with Crippen LogP contribution in [0.4, 0.5) is 5.82 Å². The standard InChI is InChI=1S/C21H32N6O2/c1-15-5-3-9-26(13-15)10-4-8-22-20(28)17-6-11-27(12-7-17)19-18-16(2)25-29-21(18)24-14-23-19/h14-15,17H,3-13H2,1-2H3,(H,22,28)/t15-/m0/s1. The van der Waals surface area contributed by atoms with E-state index in [1.165, 1.54) is 32.3 Å². The Morgan fingerprint density at radius 3 is 2.86 bits per heavy atom. The number of nitrogens with one attached hydrogen (secondary N) is 1. The highest BCUT2D eigenvalue weighted by atomic mass is 16.5. The Bertz CT molecular complexity index is 830. The molecule has 0 saturated carbocycles. The summed E-state index contributed by atoms with van der Waals surface area (Å²) in [6, 6.07) is 0. The topological polar surface area (TPSA) is 87.4 Å². The van der Waals surface area contributed by atoms with Crippen LogP contribution in [0.2, 0.25) is 0 Å². The Labute approximate surface area is 172 Å². The van der Waals surface area contributed by atoms with E-state index in [9.17, 15) is 4.79 Å². The minimum atomic E-state index is 0.0853. The number of anilines is 1. The Morgan fingerprint density at radius 1 is 1.24 bits per heavy atom. The maximum atomic E-state index is 12.6. The van der Waals surface area contributed by atoms with Crippen molar-refractivity contribution >= 4 is 22.8 Å². The highest BCUT2D eigenvalue weighted by Crippen LogP contribution is 2.29. The van der Waals surface area contributed by atoms with Gasteiger partial charge in [-0.1, -0.05) is 12.1 Å². The number of aromatic nitrogens is 3. The van der Waals surface area contributed by atoms with Crippen molar-refractivity contribution in [3.63, 3.8) is 0 Å². The summed E-state index contributed by atoms with van der Waals surface area (Å²) in [5, 5.41) is 8.04. The van der Waals surface area contributed by atoms with Crippen molar-refractivity contribution < 1.29 is 9.32 Å². The molecule has 2 aromatic rings. The van der Waals surface area contributed by atoms with Crippen LogP contribution in [0.5, 0.6) is 0 Å². The van der Waals surface area contributed by atoms with Crippen LogP contribution < -0.4 is 10.2 Å². The maximum absolute atomic E-state index is 12.6. The van der Waals surface area contributed by atoms with Gasteiger partial charge in [-0.15, -0.1) is 0 Å². The second-order valence-electron chi connectivity index (χ2n) is 8.60. The Morgan fingerprint density at radius 2 is 2.07 bits per heavy atom. The molecule has 1 amide bonds. The maximum Gasteiger partial charge on any atom is 0.263 e. The second-order valence-corrected chi connectivity index (χ2v) is 8.60. The number of aryl methyl sites for hydroxylation is 1. The summed E-state index contributed by atoms with van der Waals surface area (Å²) >= 11 is 0. The lowest BCUT2D eigenvalue weighted by Gasteiger charge is -2.32. The molecule has 158 valence electrons. The number of piperidine rings is 2. The van der Waals surface area contributed by atoms with Crippen LogP contribution in [0.1, 0.15) is 44.7 Å². The first kappa shape index (κ1) is 20.1. The van der Waals surface area contributed by atoms with Crippen LogP contribution in [-0.2, 0) is 4.79 Å². The van der Waals surface area contributed by atoms with E-state index < -0.39 is 0 Å². The highest BCUT2D eigenvalue weighted by Gasteiger charge is 2.27. The molecule has 1 atom stereocenters. The fourth-order valence-electron chi connectivity index (χ4n) is 4.65. The van der Waals surface area contributed by atoms with Crippen LogP contribution in [-0.4, -0.2) is 65.2 Å². The van der Waals surface area contributed by atoms with E-state index in [0.29, 0.717) is 5.71 Å².